The zero-order valence-electron chi connectivity index (χ0n) is 14.8. The zero-order chi connectivity index (χ0) is 20.0. The van der Waals surface area contributed by atoms with Crippen molar-refractivity contribution < 1.29 is 14.5 Å². The quantitative estimate of drug-likeness (QED) is 0.346. The standard InChI is InChI=1S/C21H17N2O4P/c22-15-17-11-13-18(14-12-17)21(27-23(24)25)16-28(26,19-7-3-1-4-8-19)20-9-5-2-6-10-20/h1-14,21H,16H2. The fraction of sp³-hybridized carbons (Fsp3) is 0.0952. The average molecular weight is 392 g/mol. The first-order valence-corrected chi connectivity index (χ1v) is 10.4. The number of nitrogens with zero attached hydrogens (tertiary/aromatic N) is 2. The van der Waals surface area contributed by atoms with Crippen LogP contribution in [-0.2, 0) is 9.40 Å². The van der Waals surface area contributed by atoms with Crippen molar-refractivity contribution in [3.05, 3.63) is 106 Å². The van der Waals surface area contributed by atoms with Crippen molar-refractivity contribution in [3.63, 3.8) is 0 Å². The third-order valence-corrected chi connectivity index (χ3v) is 7.50. The second-order valence-electron chi connectivity index (χ2n) is 6.14. The van der Waals surface area contributed by atoms with Crippen molar-refractivity contribution in [1.82, 2.24) is 0 Å². The molecule has 0 saturated carbocycles. The van der Waals surface area contributed by atoms with Gasteiger partial charge in [0.1, 0.15) is 13.2 Å². The molecule has 0 spiro atoms. The van der Waals surface area contributed by atoms with E-state index in [1.54, 1.807) is 72.8 Å². The van der Waals surface area contributed by atoms with Crippen molar-refractivity contribution in [2.45, 2.75) is 6.10 Å². The van der Waals surface area contributed by atoms with Crippen LogP contribution < -0.4 is 10.6 Å². The van der Waals surface area contributed by atoms with E-state index in [0.29, 0.717) is 21.7 Å². The molecular weight excluding hydrogens is 375 g/mol. The van der Waals surface area contributed by atoms with Gasteiger partial charge in [0, 0.05) is 16.8 Å². The Kier molecular flexibility index (Phi) is 5.88. The normalized spacial score (nSPS) is 12.0. The molecule has 3 aromatic rings. The molecule has 0 radical (unpaired) electrons. The van der Waals surface area contributed by atoms with E-state index in [1.807, 2.05) is 18.2 Å². The minimum absolute atomic E-state index is 0.0755. The smallest absolute Gasteiger partial charge is 0.295 e. The Hall–Kier alpha value is -3.42. The van der Waals surface area contributed by atoms with E-state index >= 15 is 0 Å². The SMILES string of the molecule is N#Cc1ccc(C(CP(=O)(c2ccccc2)c2ccccc2)O[N+](=O)[O-])cc1. The van der Waals surface area contributed by atoms with Gasteiger partial charge in [0.2, 0.25) is 0 Å². The Labute approximate surface area is 162 Å². The second-order valence-corrected chi connectivity index (χ2v) is 9.02. The summed E-state index contributed by atoms with van der Waals surface area (Å²) in [4.78, 5) is 16.0. The highest BCUT2D eigenvalue weighted by molar-refractivity contribution is 7.78. The highest BCUT2D eigenvalue weighted by Gasteiger charge is 2.33. The summed E-state index contributed by atoms with van der Waals surface area (Å²) in [7, 11) is -3.22. The van der Waals surface area contributed by atoms with Crippen molar-refractivity contribution in [2.24, 2.45) is 0 Å². The molecule has 0 aliphatic rings. The Morgan fingerprint density at radius 2 is 1.43 bits per heavy atom. The fourth-order valence-electron chi connectivity index (χ4n) is 3.01. The Bertz CT molecular complexity index is 988. The molecule has 0 N–H and O–H groups in total. The summed E-state index contributed by atoms with van der Waals surface area (Å²) in [6.45, 7) is 0. The van der Waals surface area contributed by atoms with Crippen LogP contribution in [0.25, 0.3) is 0 Å². The van der Waals surface area contributed by atoms with Gasteiger partial charge in [0.05, 0.1) is 11.6 Å². The zero-order valence-corrected chi connectivity index (χ0v) is 15.7. The number of benzene rings is 3. The lowest BCUT2D eigenvalue weighted by atomic mass is 10.1. The lowest BCUT2D eigenvalue weighted by Gasteiger charge is -2.24. The highest BCUT2D eigenvalue weighted by atomic mass is 31.2. The molecule has 0 aromatic heterocycles. The number of hydrogen-bond donors (Lipinski definition) is 0. The van der Waals surface area contributed by atoms with Crippen LogP contribution in [-0.4, -0.2) is 11.2 Å². The number of rotatable bonds is 7. The van der Waals surface area contributed by atoms with Gasteiger partial charge in [-0.15, -0.1) is 10.1 Å². The molecular formula is C21H17N2O4P. The molecule has 3 rings (SSSR count). The van der Waals surface area contributed by atoms with Gasteiger partial charge in [-0.25, -0.2) is 0 Å². The van der Waals surface area contributed by atoms with Crippen molar-refractivity contribution >= 4 is 17.8 Å². The van der Waals surface area contributed by atoms with Crippen LogP contribution in [0.3, 0.4) is 0 Å². The van der Waals surface area contributed by atoms with Crippen LogP contribution >= 0.6 is 7.14 Å². The average Bonchev–Trinajstić information content (AvgIpc) is 2.74. The summed E-state index contributed by atoms with van der Waals surface area (Å²) in [6.07, 6.45) is -1.11. The third-order valence-electron chi connectivity index (χ3n) is 4.39. The molecule has 0 bridgehead atoms. The van der Waals surface area contributed by atoms with Gasteiger partial charge in [-0.2, -0.15) is 5.26 Å². The lowest BCUT2D eigenvalue weighted by Crippen LogP contribution is -2.24. The van der Waals surface area contributed by atoms with Crippen molar-refractivity contribution in [1.29, 1.82) is 5.26 Å². The molecule has 0 heterocycles. The molecule has 1 atom stereocenters. The first kappa shape index (κ1) is 19.3. The molecule has 0 aliphatic carbocycles. The summed E-state index contributed by atoms with van der Waals surface area (Å²) in [5.41, 5.74) is 0.917. The molecule has 3 aromatic carbocycles. The van der Waals surface area contributed by atoms with Crippen LogP contribution in [0, 0.1) is 21.4 Å². The van der Waals surface area contributed by atoms with Crippen LogP contribution in [0.1, 0.15) is 17.2 Å². The minimum atomic E-state index is -3.22. The number of hydrogen-bond acceptors (Lipinski definition) is 5. The molecule has 0 amide bonds. The molecule has 0 aliphatic heterocycles. The fourth-order valence-corrected chi connectivity index (χ4v) is 5.78. The van der Waals surface area contributed by atoms with Gasteiger partial charge in [0.25, 0.3) is 5.09 Å². The van der Waals surface area contributed by atoms with Crippen LogP contribution in [0.4, 0.5) is 0 Å². The van der Waals surface area contributed by atoms with Crippen LogP contribution in [0.15, 0.2) is 84.9 Å². The maximum Gasteiger partial charge on any atom is 0.295 e. The predicted octanol–water partition coefficient (Wildman–Crippen LogP) is 3.82. The Balaban J connectivity index is 2.06. The maximum atomic E-state index is 14.1. The van der Waals surface area contributed by atoms with Gasteiger partial charge in [-0.05, 0) is 17.7 Å². The first-order valence-electron chi connectivity index (χ1n) is 8.54. The van der Waals surface area contributed by atoms with Crippen LogP contribution in [0.5, 0.6) is 0 Å². The monoisotopic (exact) mass is 392 g/mol. The molecule has 0 saturated heterocycles. The second kappa shape index (κ2) is 8.51. The minimum Gasteiger partial charge on any atom is -0.314 e. The summed E-state index contributed by atoms with van der Waals surface area (Å²) < 4.78 is 14.1. The molecule has 140 valence electrons. The van der Waals surface area contributed by atoms with Gasteiger partial charge >= 0.3 is 0 Å². The van der Waals surface area contributed by atoms with Crippen molar-refractivity contribution in [2.75, 3.05) is 6.16 Å². The molecule has 6 nitrogen and oxygen atoms in total. The molecule has 28 heavy (non-hydrogen) atoms. The topological polar surface area (TPSA) is 93.2 Å². The van der Waals surface area contributed by atoms with E-state index in [4.69, 9.17) is 10.1 Å². The molecule has 7 heteroatoms. The third kappa shape index (κ3) is 4.28. The first-order chi connectivity index (χ1) is 13.5. The van der Waals surface area contributed by atoms with Gasteiger partial charge in [-0.3, -0.25) is 0 Å². The van der Waals surface area contributed by atoms with E-state index in [2.05, 4.69) is 0 Å². The van der Waals surface area contributed by atoms with E-state index in [0.717, 1.165) is 0 Å². The van der Waals surface area contributed by atoms with Crippen molar-refractivity contribution in [3.8, 4) is 6.07 Å². The van der Waals surface area contributed by atoms with E-state index in [-0.39, 0.29) is 6.16 Å². The summed E-state index contributed by atoms with van der Waals surface area (Å²) in [6, 6.07) is 26.1. The Morgan fingerprint density at radius 3 is 1.86 bits per heavy atom. The van der Waals surface area contributed by atoms with E-state index in [9.17, 15) is 14.7 Å². The Morgan fingerprint density at radius 1 is 0.929 bits per heavy atom. The number of nitriles is 1. The summed E-state index contributed by atoms with van der Waals surface area (Å²) in [5.74, 6) is 0. The summed E-state index contributed by atoms with van der Waals surface area (Å²) in [5, 5.41) is 20.4. The van der Waals surface area contributed by atoms with E-state index in [1.165, 1.54) is 0 Å². The highest BCUT2D eigenvalue weighted by Crippen LogP contribution is 2.47. The predicted molar refractivity (Wildman–Crippen MR) is 107 cm³/mol. The van der Waals surface area contributed by atoms with Crippen LogP contribution in [0.2, 0.25) is 0 Å². The largest absolute Gasteiger partial charge is 0.314 e. The lowest BCUT2D eigenvalue weighted by molar-refractivity contribution is -0.769. The van der Waals surface area contributed by atoms with E-state index < -0.39 is 18.3 Å². The van der Waals surface area contributed by atoms with Gasteiger partial charge in [-0.1, -0.05) is 72.8 Å². The molecule has 1 unspecified atom stereocenters. The van der Waals surface area contributed by atoms with Gasteiger partial charge < -0.3 is 9.40 Å². The molecule has 0 fully saturated rings. The summed E-state index contributed by atoms with van der Waals surface area (Å²) >= 11 is 0. The van der Waals surface area contributed by atoms with Gasteiger partial charge in [0.15, 0.2) is 0 Å². The maximum absolute atomic E-state index is 14.1.